The van der Waals surface area contributed by atoms with Gasteiger partial charge in [-0.05, 0) is 37.5 Å². The van der Waals surface area contributed by atoms with E-state index in [0.717, 1.165) is 17.0 Å². The Hall–Kier alpha value is -2.97. The fourth-order valence-corrected chi connectivity index (χ4v) is 4.25. The van der Waals surface area contributed by atoms with Gasteiger partial charge < -0.3 is 15.0 Å². The minimum atomic E-state index is -0.275. The van der Waals surface area contributed by atoms with Crippen LogP contribution in [-0.2, 0) is 16.1 Å². The number of pyridine rings is 1. The van der Waals surface area contributed by atoms with Gasteiger partial charge in [-0.2, -0.15) is 0 Å². The average molecular weight is 424 g/mol. The highest BCUT2D eigenvalue weighted by Crippen LogP contribution is 2.24. The van der Waals surface area contributed by atoms with Gasteiger partial charge in [-0.1, -0.05) is 24.3 Å². The molecule has 164 valence electrons. The van der Waals surface area contributed by atoms with E-state index in [-0.39, 0.29) is 29.8 Å². The molecule has 8 heteroatoms. The fourth-order valence-electron chi connectivity index (χ4n) is 4.25. The number of nitrogens with zero attached hydrogens (tertiary/aromatic N) is 2. The Morgan fingerprint density at radius 2 is 1.90 bits per heavy atom. The van der Waals surface area contributed by atoms with E-state index in [0.29, 0.717) is 38.9 Å². The Kier molecular flexibility index (Phi) is 6.79. The summed E-state index contributed by atoms with van der Waals surface area (Å²) in [4.78, 5) is 31.8. The molecule has 0 spiro atoms. The second-order valence-electron chi connectivity index (χ2n) is 8.01. The van der Waals surface area contributed by atoms with E-state index in [1.54, 1.807) is 13.3 Å². The highest BCUT2D eigenvalue weighted by atomic mass is 16.5. The summed E-state index contributed by atoms with van der Waals surface area (Å²) >= 11 is 0. The fraction of sp³-hybridized carbons (Fsp3) is 0.435. The maximum atomic E-state index is 12.9. The Bertz CT molecular complexity index is 899. The number of methoxy groups -OCH3 is 1. The van der Waals surface area contributed by atoms with Crippen molar-refractivity contribution in [2.45, 2.75) is 37.9 Å². The number of para-hydroxylation sites is 1. The number of likely N-dealkylation sites (tertiary alicyclic amines) is 1. The van der Waals surface area contributed by atoms with Crippen LogP contribution in [0.1, 0.15) is 36.6 Å². The molecule has 2 fully saturated rings. The van der Waals surface area contributed by atoms with Crippen molar-refractivity contribution in [3.05, 3.63) is 59.9 Å². The van der Waals surface area contributed by atoms with Crippen LogP contribution in [0.25, 0.3) is 0 Å². The quantitative estimate of drug-likeness (QED) is 0.653. The largest absolute Gasteiger partial charge is 0.496 e. The van der Waals surface area contributed by atoms with Crippen LogP contribution in [0.15, 0.2) is 48.7 Å². The van der Waals surface area contributed by atoms with Crippen LogP contribution in [-0.4, -0.2) is 47.9 Å². The first-order chi connectivity index (χ1) is 15.2. The third-order valence-corrected chi connectivity index (χ3v) is 6.07. The topological polar surface area (TPSA) is 95.6 Å². The number of piperidine rings is 1. The normalized spacial score (nSPS) is 21.6. The number of amides is 2. The molecule has 31 heavy (non-hydrogen) atoms. The summed E-state index contributed by atoms with van der Waals surface area (Å²) < 4.78 is 5.34. The summed E-state index contributed by atoms with van der Waals surface area (Å²) in [6.07, 6.45) is 3.77. The van der Waals surface area contributed by atoms with Crippen LogP contribution in [0.2, 0.25) is 0 Å². The van der Waals surface area contributed by atoms with Gasteiger partial charge in [0, 0.05) is 37.3 Å². The second-order valence-corrected chi connectivity index (χ2v) is 8.01. The van der Waals surface area contributed by atoms with Gasteiger partial charge >= 0.3 is 0 Å². The molecule has 2 aliphatic rings. The molecule has 4 rings (SSSR count). The monoisotopic (exact) mass is 423 g/mol. The van der Waals surface area contributed by atoms with Crippen molar-refractivity contribution in [1.29, 1.82) is 0 Å². The molecule has 3 N–H and O–H groups in total. The molecule has 2 aromatic rings. The number of benzene rings is 1. The molecule has 8 nitrogen and oxygen atoms in total. The van der Waals surface area contributed by atoms with Crippen LogP contribution >= 0.6 is 0 Å². The number of carbonyl (C=O) groups excluding carboxylic acids is 2. The standard InChI is InChI=1S/C23H29N5O3/c1-31-21-8-3-2-6-17(21)15-25-22(29)16-9-12-28(13-10-16)23(30)20-14-19(26-27-20)18-7-4-5-11-24-18/h2-8,11,16,19-20,26-27H,9-10,12-15H2,1H3,(H,25,29). The Morgan fingerprint density at radius 3 is 2.65 bits per heavy atom. The highest BCUT2D eigenvalue weighted by molar-refractivity contribution is 5.83. The maximum Gasteiger partial charge on any atom is 0.241 e. The van der Waals surface area contributed by atoms with Crippen molar-refractivity contribution in [2.24, 2.45) is 5.92 Å². The predicted octanol–water partition coefficient (Wildman–Crippen LogP) is 1.55. The molecular weight excluding hydrogens is 394 g/mol. The number of nitrogens with one attached hydrogen (secondary N) is 3. The molecule has 0 radical (unpaired) electrons. The van der Waals surface area contributed by atoms with Gasteiger partial charge in [-0.15, -0.1) is 0 Å². The molecular formula is C23H29N5O3. The van der Waals surface area contributed by atoms with E-state index in [2.05, 4.69) is 21.2 Å². The molecule has 1 aromatic carbocycles. The van der Waals surface area contributed by atoms with E-state index in [4.69, 9.17) is 4.74 Å². The van der Waals surface area contributed by atoms with Gasteiger partial charge in [0.1, 0.15) is 11.8 Å². The van der Waals surface area contributed by atoms with Gasteiger partial charge in [0.25, 0.3) is 0 Å². The Morgan fingerprint density at radius 1 is 1.13 bits per heavy atom. The molecule has 2 saturated heterocycles. The van der Waals surface area contributed by atoms with E-state index in [1.807, 2.05) is 47.4 Å². The lowest BCUT2D eigenvalue weighted by atomic mass is 9.95. The van der Waals surface area contributed by atoms with Crippen molar-refractivity contribution in [3.63, 3.8) is 0 Å². The number of ether oxygens (including phenoxy) is 1. The molecule has 0 saturated carbocycles. The van der Waals surface area contributed by atoms with Crippen molar-refractivity contribution in [2.75, 3.05) is 20.2 Å². The minimum absolute atomic E-state index is 0.0217. The summed E-state index contributed by atoms with van der Waals surface area (Å²) in [6.45, 7) is 1.63. The van der Waals surface area contributed by atoms with Gasteiger partial charge in [-0.25, -0.2) is 10.9 Å². The zero-order valence-corrected chi connectivity index (χ0v) is 17.7. The smallest absolute Gasteiger partial charge is 0.241 e. The van der Waals surface area contributed by atoms with Gasteiger partial charge in [-0.3, -0.25) is 14.6 Å². The van der Waals surface area contributed by atoms with E-state index in [1.165, 1.54) is 0 Å². The molecule has 0 aliphatic carbocycles. The van der Waals surface area contributed by atoms with Crippen molar-refractivity contribution < 1.29 is 14.3 Å². The first-order valence-electron chi connectivity index (χ1n) is 10.8. The molecule has 1 aromatic heterocycles. The zero-order valence-electron chi connectivity index (χ0n) is 17.7. The number of hydrazine groups is 1. The number of carbonyl (C=O) groups is 2. The highest BCUT2D eigenvalue weighted by Gasteiger charge is 2.35. The van der Waals surface area contributed by atoms with Crippen LogP contribution in [0, 0.1) is 5.92 Å². The second kappa shape index (κ2) is 9.89. The van der Waals surface area contributed by atoms with E-state index < -0.39 is 0 Å². The first kappa shape index (κ1) is 21.3. The third kappa shape index (κ3) is 5.03. The summed E-state index contributed by atoms with van der Waals surface area (Å²) in [5.74, 6) is 0.812. The maximum absolute atomic E-state index is 12.9. The van der Waals surface area contributed by atoms with Crippen molar-refractivity contribution >= 4 is 11.8 Å². The summed E-state index contributed by atoms with van der Waals surface area (Å²) in [7, 11) is 1.63. The van der Waals surface area contributed by atoms with Crippen LogP contribution < -0.4 is 20.9 Å². The molecule has 0 bridgehead atoms. The average Bonchev–Trinajstić information content (AvgIpc) is 3.33. The van der Waals surface area contributed by atoms with E-state index in [9.17, 15) is 9.59 Å². The molecule has 2 atom stereocenters. The summed E-state index contributed by atoms with van der Waals surface area (Å²) in [5.41, 5.74) is 8.17. The number of hydrogen-bond acceptors (Lipinski definition) is 6. The number of hydrogen-bond donors (Lipinski definition) is 3. The Labute approximate surface area is 182 Å². The zero-order chi connectivity index (χ0) is 21.6. The molecule has 2 unspecified atom stereocenters. The van der Waals surface area contributed by atoms with Crippen LogP contribution in [0.4, 0.5) is 0 Å². The molecule has 2 amide bonds. The first-order valence-corrected chi connectivity index (χ1v) is 10.8. The summed E-state index contributed by atoms with van der Waals surface area (Å²) in [5, 5.41) is 3.01. The summed E-state index contributed by atoms with van der Waals surface area (Å²) in [6, 6.07) is 13.2. The van der Waals surface area contributed by atoms with Gasteiger partial charge in [0.15, 0.2) is 0 Å². The number of rotatable bonds is 6. The van der Waals surface area contributed by atoms with Crippen molar-refractivity contribution in [3.8, 4) is 5.75 Å². The lowest BCUT2D eigenvalue weighted by Gasteiger charge is -2.32. The molecule has 2 aliphatic heterocycles. The van der Waals surface area contributed by atoms with Crippen LogP contribution in [0.3, 0.4) is 0 Å². The SMILES string of the molecule is COc1ccccc1CNC(=O)C1CCN(C(=O)C2CC(c3ccccn3)NN2)CC1. The van der Waals surface area contributed by atoms with Gasteiger partial charge in [0.05, 0.1) is 18.8 Å². The molecule has 3 heterocycles. The Balaban J connectivity index is 1.24. The third-order valence-electron chi connectivity index (χ3n) is 6.07. The lowest BCUT2D eigenvalue weighted by molar-refractivity contribution is -0.137. The van der Waals surface area contributed by atoms with Gasteiger partial charge in [0.2, 0.25) is 11.8 Å². The van der Waals surface area contributed by atoms with E-state index >= 15 is 0 Å². The minimum Gasteiger partial charge on any atom is -0.496 e. The van der Waals surface area contributed by atoms with Crippen LogP contribution in [0.5, 0.6) is 5.75 Å². The lowest BCUT2D eigenvalue weighted by Crippen LogP contribution is -2.49. The predicted molar refractivity (Wildman–Crippen MR) is 116 cm³/mol. The number of aromatic nitrogens is 1. The van der Waals surface area contributed by atoms with Crippen molar-refractivity contribution in [1.82, 2.24) is 26.1 Å².